The molecular weight excluding hydrogens is 410 g/mol. The molecule has 0 saturated heterocycles. The van der Waals surface area contributed by atoms with Crippen LogP contribution >= 0.6 is 11.8 Å². The topological polar surface area (TPSA) is 72.3 Å². The highest BCUT2D eigenvalue weighted by Crippen LogP contribution is 2.27. The number of hydrogen-bond acceptors (Lipinski definition) is 6. The lowest BCUT2D eigenvalue weighted by Crippen LogP contribution is -2.22. The molecular formula is C23H29N5O2S. The molecule has 1 heterocycles. The number of rotatable bonds is 9. The number of thioether (sulfide) groups is 1. The van der Waals surface area contributed by atoms with Crippen LogP contribution in [0.25, 0.3) is 11.4 Å². The second kappa shape index (κ2) is 10.3. The van der Waals surface area contributed by atoms with Gasteiger partial charge >= 0.3 is 0 Å². The number of carbonyl (C=O) groups is 1. The molecule has 1 atom stereocenters. The first kappa shape index (κ1) is 22.7. The maximum absolute atomic E-state index is 12.6. The Balaban J connectivity index is 1.67. The number of aromatic nitrogens is 3. The standard InChI is InChI=1S/C23H29N5O2S/c1-6-28(7-2)19-12-8-17(9-13-19)21-25-26-23(27(21)4)31-16(3)22(29)24-18-10-14-20(30-5)15-11-18/h8-16H,6-7H2,1-5H3,(H,24,29). The van der Waals surface area contributed by atoms with Crippen molar-refractivity contribution in [1.29, 1.82) is 0 Å². The highest BCUT2D eigenvalue weighted by molar-refractivity contribution is 8.00. The monoisotopic (exact) mass is 439 g/mol. The molecule has 0 aliphatic rings. The molecule has 0 spiro atoms. The summed E-state index contributed by atoms with van der Waals surface area (Å²) in [4.78, 5) is 14.9. The fourth-order valence-corrected chi connectivity index (χ4v) is 4.02. The lowest BCUT2D eigenvalue weighted by Gasteiger charge is -2.21. The first-order valence-corrected chi connectivity index (χ1v) is 11.2. The third-order valence-electron chi connectivity index (χ3n) is 5.10. The van der Waals surface area contributed by atoms with Gasteiger partial charge in [0, 0.05) is 37.1 Å². The third-order valence-corrected chi connectivity index (χ3v) is 6.23. The molecule has 0 radical (unpaired) electrons. The van der Waals surface area contributed by atoms with E-state index in [1.807, 2.05) is 42.8 Å². The summed E-state index contributed by atoms with van der Waals surface area (Å²) in [7, 11) is 3.53. The largest absolute Gasteiger partial charge is 0.497 e. The van der Waals surface area contributed by atoms with Crippen LogP contribution in [0.5, 0.6) is 5.75 Å². The molecule has 7 nitrogen and oxygen atoms in total. The smallest absolute Gasteiger partial charge is 0.237 e. The number of anilines is 2. The predicted octanol–water partition coefficient (Wildman–Crippen LogP) is 4.46. The van der Waals surface area contributed by atoms with E-state index in [-0.39, 0.29) is 11.2 Å². The van der Waals surface area contributed by atoms with E-state index in [9.17, 15) is 4.79 Å². The number of carbonyl (C=O) groups excluding carboxylic acids is 1. The van der Waals surface area contributed by atoms with Gasteiger partial charge in [-0.05, 0) is 69.3 Å². The van der Waals surface area contributed by atoms with Gasteiger partial charge in [-0.2, -0.15) is 0 Å². The van der Waals surface area contributed by atoms with Crippen molar-refractivity contribution in [2.45, 2.75) is 31.2 Å². The van der Waals surface area contributed by atoms with E-state index in [1.54, 1.807) is 7.11 Å². The highest BCUT2D eigenvalue weighted by atomic mass is 32.2. The van der Waals surface area contributed by atoms with Crippen LogP contribution in [0.4, 0.5) is 11.4 Å². The highest BCUT2D eigenvalue weighted by Gasteiger charge is 2.19. The van der Waals surface area contributed by atoms with E-state index in [4.69, 9.17) is 4.74 Å². The molecule has 0 aliphatic carbocycles. The van der Waals surface area contributed by atoms with Crippen molar-refractivity contribution in [2.24, 2.45) is 7.05 Å². The summed E-state index contributed by atoms with van der Waals surface area (Å²) in [5.74, 6) is 1.43. The Labute approximate surface area is 187 Å². The molecule has 0 fully saturated rings. The molecule has 3 rings (SSSR count). The van der Waals surface area contributed by atoms with E-state index in [0.717, 1.165) is 35.9 Å². The van der Waals surface area contributed by atoms with Crippen molar-refractivity contribution >= 4 is 29.0 Å². The van der Waals surface area contributed by atoms with Crippen LogP contribution < -0.4 is 15.0 Å². The summed E-state index contributed by atoms with van der Waals surface area (Å²) in [5.41, 5.74) is 2.91. The Kier molecular flexibility index (Phi) is 7.57. The minimum Gasteiger partial charge on any atom is -0.497 e. The molecule has 164 valence electrons. The predicted molar refractivity (Wildman–Crippen MR) is 127 cm³/mol. The molecule has 3 aromatic rings. The van der Waals surface area contributed by atoms with Gasteiger partial charge in [0.2, 0.25) is 5.91 Å². The van der Waals surface area contributed by atoms with E-state index in [0.29, 0.717) is 5.16 Å². The zero-order chi connectivity index (χ0) is 22.4. The Morgan fingerprint density at radius 2 is 1.74 bits per heavy atom. The molecule has 0 saturated carbocycles. The lowest BCUT2D eigenvalue weighted by atomic mass is 10.2. The number of hydrogen-bond donors (Lipinski definition) is 1. The van der Waals surface area contributed by atoms with Gasteiger partial charge in [-0.25, -0.2) is 0 Å². The Hall–Kier alpha value is -3.00. The summed E-state index contributed by atoms with van der Waals surface area (Å²) >= 11 is 1.38. The molecule has 1 amide bonds. The molecule has 8 heteroatoms. The van der Waals surface area contributed by atoms with Crippen LogP contribution in [-0.4, -0.2) is 46.1 Å². The normalized spacial score (nSPS) is 11.8. The fraction of sp³-hybridized carbons (Fsp3) is 0.348. The van der Waals surface area contributed by atoms with Crippen molar-refractivity contribution in [3.05, 3.63) is 48.5 Å². The first-order chi connectivity index (χ1) is 15.0. The summed E-state index contributed by atoms with van der Waals surface area (Å²) in [5, 5.41) is 11.9. The first-order valence-electron chi connectivity index (χ1n) is 10.3. The quantitative estimate of drug-likeness (QED) is 0.497. The van der Waals surface area contributed by atoms with Crippen LogP contribution in [0.15, 0.2) is 53.7 Å². The SMILES string of the molecule is CCN(CC)c1ccc(-c2nnc(SC(C)C(=O)Nc3ccc(OC)cc3)n2C)cc1. The average molecular weight is 440 g/mol. The van der Waals surface area contributed by atoms with Gasteiger partial charge in [-0.3, -0.25) is 4.79 Å². The molecule has 0 bridgehead atoms. The Morgan fingerprint density at radius 3 is 2.32 bits per heavy atom. The zero-order valence-electron chi connectivity index (χ0n) is 18.6. The minimum atomic E-state index is -0.331. The Bertz CT molecular complexity index is 998. The minimum absolute atomic E-state index is 0.0942. The molecule has 31 heavy (non-hydrogen) atoms. The van der Waals surface area contributed by atoms with Crippen molar-refractivity contribution in [1.82, 2.24) is 14.8 Å². The molecule has 1 aromatic heterocycles. The second-order valence-electron chi connectivity index (χ2n) is 7.06. The van der Waals surface area contributed by atoms with Gasteiger partial charge in [0.05, 0.1) is 12.4 Å². The van der Waals surface area contributed by atoms with Crippen LogP contribution in [0.3, 0.4) is 0 Å². The Morgan fingerprint density at radius 1 is 1.10 bits per heavy atom. The van der Waals surface area contributed by atoms with E-state index >= 15 is 0 Å². The molecule has 2 aromatic carbocycles. The summed E-state index contributed by atoms with van der Waals surface area (Å²) in [6, 6.07) is 15.6. The van der Waals surface area contributed by atoms with Crippen LogP contribution in [0, 0.1) is 0 Å². The summed E-state index contributed by atoms with van der Waals surface area (Å²) in [6.45, 7) is 8.09. The number of benzene rings is 2. The molecule has 1 unspecified atom stereocenters. The molecule has 1 N–H and O–H groups in total. The van der Waals surface area contributed by atoms with Crippen LogP contribution in [0.2, 0.25) is 0 Å². The maximum Gasteiger partial charge on any atom is 0.237 e. The van der Waals surface area contributed by atoms with Gasteiger partial charge in [0.25, 0.3) is 0 Å². The van der Waals surface area contributed by atoms with Gasteiger partial charge < -0.3 is 19.5 Å². The number of amides is 1. The van der Waals surface area contributed by atoms with Crippen molar-refractivity contribution in [3.8, 4) is 17.1 Å². The van der Waals surface area contributed by atoms with Crippen LogP contribution in [0.1, 0.15) is 20.8 Å². The van der Waals surface area contributed by atoms with Crippen molar-refractivity contribution < 1.29 is 9.53 Å². The van der Waals surface area contributed by atoms with E-state index < -0.39 is 0 Å². The molecule has 0 aliphatic heterocycles. The number of methoxy groups -OCH3 is 1. The average Bonchev–Trinajstić information content (AvgIpc) is 3.15. The van der Waals surface area contributed by atoms with Gasteiger partial charge in [-0.1, -0.05) is 11.8 Å². The maximum atomic E-state index is 12.6. The van der Waals surface area contributed by atoms with Gasteiger partial charge in [0.1, 0.15) is 5.75 Å². The second-order valence-corrected chi connectivity index (χ2v) is 8.37. The fourth-order valence-electron chi connectivity index (χ4n) is 3.21. The third kappa shape index (κ3) is 5.38. The van der Waals surface area contributed by atoms with Crippen molar-refractivity contribution in [2.75, 3.05) is 30.4 Å². The van der Waals surface area contributed by atoms with Crippen LogP contribution in [-0.2, 0) is 11.8 Å². The number of nitrogens with one attached hydrogen (secondary N) is 1. The van der Waals surface area contributed by atoms with E-state index in [1.165, 1.54) is 17.4 Å². The van der Waals surface area contributed by atoms with Crippen molar-refractivity contribution in [3.63, 3.8) is 0 Å². The van der Waals surface area contributed by atoms with Gasteiger partial charge in [-0.15, -0.1) is 10.2 Å². The lowest BCUT2D eigenvalue weighted by molar-refractivity contribution is -0.115. The van der Waals surface area contributed by atoms with Gasteiger partial charge in [0.15, 0.2) is 11.0 Å². The number of nitrogens with zero attached hydrogens (tertiary/aromatic N) is 4. The summed E-state index contributed by atoms with van der Waals surface area (Å²) in [6.07, 6.45) is 0. The zero-order valence-corrected chi connectivity index (χ0v) is 19.4. The van der Waals surface area contributed by atoms with E-state index in [2.05, 4.69) is 58.5 Å². The number of ether oxygens (including phenoxy) is 1. The summed E-state index contributed by atoms with van der Waals surface area (Å²) < 4.78 is 7.07.